The van der Waals surface area contributed by atoms with Gasteiger partial charge in [0.25, 0.3) is 0 Å². The Balaban J connectivity index is 2.03. The first kappa shape index (κ1) is 17.2. The maximum atomic E-state index is 14.1. The quantitative estimate of drug-likeness (QED) is 0.652. The van der Waals surface area contributed by atoms with Gasteiger partial charge in [-0.15, -0.1) is 11.8 Å². The highest BCUT2D eigenvalue weighted by atomic mass is 32.2. The molecule has 0 amide bonds. The molecule has 1 aromatic heterocycles. The van der Waals surface area contributed by atoms with Gasteiger partial charge < -0.3 is 4.74 Å². The molecule has 128 valence electrons. The summed E-state index contributed by atoms with van der Waals surface area (Å²) in [5.74, 6) is -0.178. The minimum Gasteiger partial charge on any atom is -0.491 e. The summed E-state index contributed by atoms with van der Waals surface area (Å²) in [5, 5.41) is 4.23. The first-order valence-corrected chi connectivity index (χ1v) is 8.88. The SMILES string of the molecule is COc1c(-c2ccc(SC)c(F)c2)cnn(Cc2ccccc2)c1=O. The van der Waals surface area contributed by atoms with Gasteiger partial charge in [0.05, 0.1) is 19.9 Å². The maximum absolute atomic E-state index is 14.1. The number of methoxy groups -OCH3 is 1. The van der Waals surface area contributed by atoms with Crippen molar-refractivity contribution < 1.29 is 9.13 Å². The predicted molar refractivity (Wildman–Crippen MR) is 97.8 cm³/mol. The minimum atomic E-state index is -0.349. The molecule has 1 heterocycles. The lowest BCUT2D eigenvalue weighted by Crippen LogP contribution is -2.25. The molecule has 6 heteroatoms. The van der Waals surface area contributed by atoms with Crippen LogP contribution in [0.3, 0.4) is 0 Å². The van der Waals surface area contributed by atoms with Crippen LogP contribution in [0.15, 0.2) is 64.4 Å². The smallest absolute Gasteiger partial charge is 0.310 e. The highest BCUT2D eigenvalue weighted by molar-refractivity contribution is 7.98. The Morgan fingerprint density at radius 2 is 1.96 bits per heavy atom. The summed E-state index contributed by atoms with van der Waals surface area (Å²) in [4.78, 5) is 13.2. The van der Waals surface area contributed by atoms with Gasteiger partial charge in [-0.3, -0.25) is 4.79 Å². The Morgan fingerprint density at radius 1 is 1.20 bits per heavy atom. The van der Waals surface area contributed by atoms with E-state index in [0.717, 1.165) is 5.56 Å². The molecular formula is C19H17FN2O2S. The van der Waals surface area contributed by atoms with Crippen molar-refractivity contribution in [1.29, 1.82) is 0 Å². The number of rotatable bonds is 5. The molecule has 3 rings (SSSR count). The lowest BCUT2D eigenvalue weighted by atomic mass is 10.1. The Kier molecular flexibility index (Phi) is 5.19. The number of aromatic nitrogens is 2. The third kappa shape index (κ3) is 3.58. The number of nitrogens with zero attached hydrogens (tertiary/aromatic N) is 2. The van der Waals surface area contributed by atoms with Crippen molar-refractivity contribution in [3.8, 4) is 16.9 Å². The molecule has 0 saturated carbocycles. The number of hydrogen-bond donors (Lipinski definition) is 0. The van der Waals surface area contributed by atoms with Crippen molar-refractivity contribution in [1.82, 2.24) is 9.78 Å². The van der Waals surface area contributed by atoms with Gasteiger partial charge in [-0.1, -0.05) is 36.4 Å². The van der Waals surface area contributed by atoms with Crippen LogP contribution in [0.2, 0.25) is 0 Å². The van der Waals surface area contributed by atoms with E-state index in [2.05, 4.69) is 5.10 Å². The van der Waals surface area contributed by atoms with E-state index >= 15 is 0 Å². The molecule has 2 aromatic carbocycles. The van der Waals surface area contributed by atoms with E-state index in [-0.39, 0.29) is 17.1 Å². The molecular weight excluding hydrogens is 339 g/mol. The highest BCUT2D eigenvalue weighted by Crippen LogP contribution is 2.29. The molecule has 0 bridgehead atoms. The van der Waals surface area contributed by atoms with Crippen LogP contribution in [0.4, 0.5) is 4.39 Å². The van der Waals surface area contributed by atoms with Gasteiger partial charge >= 0.3 is 5.56 Å². The molecule has 0 atom stereocenters. The third-order valence-corrected chi connectivity index (χ3v) is 4.61. The van der Waals surface area contributed by atoms with Crippen LogP contribution in [0.5, 0.6) is 5.75 Å². The molecule has 0 unspecified atom stereocenters. The zero-order valence-electron chi connectivity index (χ0n) is 13.9. The Labute approximate surface area is 149 Å². The van der Waals surface area contributed by atoms with E-state index in [1.54, 1.807) is 12.1 Å². The van der Waals surface area contributed by atoms with Crippen molar-refractivity contribution in [2.75, 3.05) is 13.4 Å². The lowest BCUT2D eigenvalue weighted by Gasteiger charge is -2.12. The molecule has 0 spiro atoms. The fourth-order valence-corrected chi connectivity index (χ4v) is 3.03. The Bertz CT molecular complexity index is 942. The van der Waals surface area contributed by atoms with Crippen LogP contribution < -0.4 is 10.3 Å². The fraction of sp³-hybridized carbons (Fsp3) is 0.158. The second-order valence-electron chi connectivity index (χ2n) is 5.39. The van der Waals surface area contributed by atoms with Crippen molar-refractivity contribution in [2.45, 2.75) is 11.4 Å². The van der Waals surface area contributed by atoms with E-state index in [1.165, 1.54) is 35.8 Å². The van der Waals surface area contributed by atoms with Crippen molar-refractivity contribution in [3.05, 3.63) is 76.5 Å². The third-order valence-electron chi connectivity index (χ3n) is 3.84. The van der Waals surface area contributed by atoms with Crippen LogP contribution in [0, 0.1) is 5.82 Å². The van der Waals surface area contributed by atoms with Crippen LogP contribution in [-0.2, 0) is 6.54 Å². The van der Waals surface area contributed by atoms with E-state index in [9.17, 15) is 9.18 Å². The number of halogens is 1. The van der Waals surface area contributed by atoms with Gasteiger partial charge in [0, 0.05) is 10.5 Å². The summed E-state index contributed by atoms with van der Waals surface area (Å²) in [5.41, 5.74) is 1.65. The highest BCUT2D eigenvalue weighted by Gasteiger charge is 2.15. The summed E-state index contributed by atoms with van der Waals surface area (Å²) in [7, 11) is 1.43. The van der Waals surface area contributed by atoms with Crippen LogP contribution in [0.25, 0.3) is 11.1 Å². The lowest BCUT2D eigenvalue weighted by molar-refractivity contribution is 0.400. The topological polar surface area (TPSA) is 44.1 Å². The van der Waals surface area contributed by atoms with Crippen molar-refractivity contribution in [2.24, 2.45) is 0 Å². The monoisotopic (exact) mass is 356 g/mol. The maximum Gasteiger partial charge on any atom is 0.310 e. The first-order valence-electron chi connectivity index (χ1n) is 7.66. The van der Waals surface area contributed by atoms with Gasteiger partial charge in [0.15, 0.2) is 5.75 Å². The second-order valence-corrected chi connectivity index (χ2v) is 6.24. The first-order chi connectivity index (χ1) is 12.1. The van der Waals surface area contributed by atoms with Gasteiger partial charge in [-0.25, -0.2) is 9.07 Å². The average Bonchev–Trinajstić information content (AvgIpc) is 2.64. The van der Waals surface area contributed by atoms with Gasteiger partial charge in [-0.2, -0.15) is 5.10 Å². The summed E-state index contributed by atoms with van der Waals surface area (Å²) in [6, 6.07) is 14.4. The zero-order chi connectivity index (χ0) is 17.8. The molecule has 0 saturated heterocycles. The minimum absolute atomic E-state index is 0.155. The Morgan fingerprint density at radius 3 is 2.60 bits per heavy atom. The van der Waals surface area contributed by atoms with Crippen LogP contribution in [0.1, 0.15) is 5.56 Å². The molecule has 0 aliphatic heterocycles. The molecule has 0 radical (unpaired) electrons. The number of ether oxygens (including phenoxy) is 1. The molecule has 0 aliphatic carbocycles. The molecule has 0 fully saturated rings. The molecule has 0 N–H and O–H groups in total. The summed E-state index contributed by atoms with van der Waals surface area (Å²) in [6.45, 7) is 0.343. The Hall–Kier alpha value is -2.60. The predicted octanol–water partition coefficient (Wildman–Crippen LogP) is 3.83. The normalized spacial score (nSPS) is 10.7. The average molecular weight is 356 g/mol. The summed E-state index contributed by atoms with van der Waals surface area (Å²) in [6.07, 6.45) is 3.35. The fourth-order valence-electron chi connectivity index (χ4n) is 2.58. The zero-order valence-corrected chi connectivity index (χ0v) is 14.7. The van der Waals surface area contributed by atoms with Crippen LogP contribution in [-0.4, -0.2) is 23.1 Å². The second kappa shape index (κ2) is 7.53. The van der Waals surface area contributed by atoms with Gasteiger partial charge in [0.2, 0.25) is 0 Å². The van der Waals surface area contributed by atoms with E-state index < -0.39 is 0 Å². The molecule has 0 aliphatic rings. The van der Waals surface area contributed by atoms with E-state index in [4.69, 9.17) is 4.74 Å². The van der Waals surface area contributed by atoms with Gasteiger partial charge in [0.1, 0.15) is 5.82 Å². The van der Waals surface area contributed by atoms with Crippen LogP contribution >= 0.6 is 11.8 Å². The largest absolute Gasteiger partial charge is 0.491 e. The van der Waals surface area contributed by atoms with Gasteiger partial charge in [-0.05, 0) is 29.5 Å². The summed E-state index contributed by atoms with van der Waals surface area (Å²) < 4.78 is 20.7. The van der Waals surface area contributed by atoms with Crippen molar-refractivity contribution >= 4 is 11.8 Å². The molecule has 25 heavy (non-hydrogen) atoms. The number of thioether (sulfide) groups is 1. The van der Waals surface area contributed by atoms with E-state index in [0.29, 0.717) is 22.6 Å². The number of hydrogen-bond acceptors (Lipinski definition) is 4. The molecule has 4 nitrogen and oxygen atoms in total. The van der Waals surface area contributed by atoms with E-state index in [1.807, 2.05) is 36.6 Å². The summed E-state index contributed by atoms with van der Waals surface area (Å²) >= 11 is 1.33. The standard InChI is InChI=1S/C19H17FN2O2S/c1-24-18-15(14-8-9-17(25-2)16(20)10-14)11-21-22(19(18)23)12-13-6-4-3-5-7-13/h3-11H,12H2,1-2H3. The number of benzene rings is 2. The van der Waals surface area contributed by atoms with Crippen molar-refractivity contribution in [3.63, 3.8) is 0 Å². The molecule has 3 aromatic rings.